The van der Waals surface area contributed by atoms with Gasteiger partial charge in [0.1, 0.15) is 0 Å². The molecule has 0 rings (SSSR count). The van der Waals surface area contributed by atoms with Crippen molar-refractivity contribution in [3.05, 3.63) is 12.2 Å². The Morgan fingerprint density at radius 1 is 1.17 bits per heavy atom. The van der Waals surface area contributed by atoms with Gasteiger partial charge in [-0.05, 0) is 27.7 Å². The Balaban J connectivity index is 6.22. The van der Waals surface area contributed by atoms with Gasteiger partial charge in [-0.1, -0.05) is 6.58 Å². The van der Waals surface area contributed by atoms with Gasteiger partial charge >= 0.3 is 29.1 Å². The summed E-state index contributed by atoms with van der Waals surface area (Å²) in [6, 6.07) is -0.843. The maximum atomic E-state index is 13.8. The molecule has 14 heteroatoms. The number of alkyl halides is 5. The zero-order valence-electron chi connectivity index (χ0n) is 16.0. The van der Waals surface area contributed by atoms with Crippen LogP contribution in [-0.4, -0.2) is 66.2 Å². The maximum Gasteiger partial charge on any atom is 0.466 e. The third kappa shape index (κ3) is 6.34. The second kappa shape index (κ2) is 9.34. The standard InChI is InChI=1S/C15H22F5NO7S/c1-6-21(10(4)5)12(23)14(15(18,19)20,28-11(22)9(2)3)27-8-7-13(16,17)29(24,25)26/h10H,2,6-8H2,1,3-5H3,(H,24,25,26)/p-1. The molecule has 0 fully saturated rings. The molecule has 0 aromatic heterocycles. The lowest BCUT2D eigenvalue weighted by Crippen LogP contribution is -2.63. The number of amides is 1. The highest BCUT2D eigenvalue weighted by Crippen LogP contribution is 2.38. The van der Waals surface area contributed by atoms with Crippen molar-refractivity contribution in [2.45, 2.75) is 57.4 Å². The van der Waals surface area contributed by atoms with E-state index in [2.05, 4.69) is 16.1 Å². The fourth-order valence-electron chi connectivity index (χ4n) is 1.98. The molecule has 0 aromatic rings. The van der Waals surface area contributed by atoms with E-state index < -0.39 is 63.9 Å². The van der Waals surface area contributed by atoms with Gasteiger partial charge < -0.3 is 18.9 Å². The van der Waals surface area contributed by atoms with Crippen molar-refractivity contribution in [2.75, 3.05) is 13.2 Å². The second-order valence-electron chi connectivity index (χ2n) is 6.16. The maximum absolute atomic E-state index is 13.8. The summed E-state index contributed by atoms with van der Waals surface area (Å²) in [5.74, 6) is -7.99. The van der Waals surface area contributed by atoms with E-state index in [-0.39, 0.29) is 6.54 Å². The molecular weight excluding hydrogens is 433 g/mol. The quantitative estimate of drug-likeness (QED) is 0.163. The average molecular weight is 454 g/mol. The van der Waals surface area contributed by atoms with Crippen LogP contribution in [0.4, 0.5) is 22.0 Å². The van der Waals surface area contributed by atoms with E-state index in [1.165, 1.54) is 20.8 Å². The number of hydrogen-bond acceptors (Lipinski definition) is 7. The first-order chi connectivity index (χ1) is 12.8. The summed E-state index contributed by atoms with van der Waals surface area (Å²) in [5.41, 5.74) is -0.560. The third-order valence-corrected chi connectivity index (χ3v) is 4.46. The Kier molecular flexibility index (Phi) is 8.76. The first-order valence-corrected chi connectivity index (χ1v) is 9.48. The second-order valence-corrected chi connectivity index (χ2v) is 7.66. The molecule has 29 heavy (non-hydrogen) atoms. The average Bonchev–Trinajstić information content (AvgIpc) is 2.51. The van der Waals surface area contributed by atoms with Crippen LogP contribution in [0.5, 0.6) is 0 Å². The fraction of sp³-hybridized carbons (Fsp3) is 0.733. The molecule has 1 amide bonds. The normalized spacial score (nSPS) is 15.0. The Morgan fingerprint density at radius 3 is 1.97 bits per heavy atom. The Morgan fingerprint density at radius 2 is 1.66 bits per heavy atom. The lowest BCUT2D eigenvalue weighted by atomic mass is 10.1. The van der Waals surface area contributed by atoms with Gasteiger partial charge in [0.25, 0.3) is 0 Å². The molecule has 0 saturated heterocycles. The number of hydrogen-bond donors (Lipinski definition) is 0. The summed E-state index contributed by atoms with van der Waals surface area (Å²) in [6.07, 6.45) is -7.76. The van der Waals surface area contributed by atoms with E-state index in [9.17, 15) is 44.5 Å². The molecule has 0 heterocycles. The van der Waals surface area contributed by atoms with E-state index in [1.807, 2.05) is 0 Å². The van der Waals surface area contributed by atoms with Crippen LogP contribution in [0.2, 0.25) is 0 Å². The summed E-state index contributed by atoms with van der Waals surface area (Å²) in [6.45, 7) is 5.96. The molecule has 0 N–H and O–H groups in total. The third-order valence-electron chi connectivity index (χ3n) is 3.53. The highest BCUT2D eigenvalue weighted by atomic mass is 32.2. The molecule has 0 radical (unpaired) electrons. The number of nitrogens with zero attached hydrogens (tertiary/aromatic N) is 1. The van der Waals surface area contributed by atoms with E-state index >= 15 is 0 Å². The van der Waals surface area contributed by atoms with Crippen molar-refractivity contribution >= 4 is 22.0 Å². The summed E-state index contributed by atoms with van der Waals surface area (Å²) in [4.78, 5) is 24.9. The molecular formula is C15H21F5NO7S-. The van der Waals surface area contributed by atoms with Crippen molar-refractivity contribution in [1.29, 1.82) is 0 Å². The van der Waals surface area contributed by atoms with E-state index in [4.69, 9.17) is 0 Å². The van der Waals surface area contributed by atoms with Crippen LogP contribution >= 0.6 is 0 Å². The Bertz CT molecular complexity index is 736. The number of ether oxygens (including phenoxy) is 2. The molecule has 0 bridgehead atoms. The SMILES string of the molecule is C=C(C)C(=O)OC(OCCC(F)(F)S(=O)(=O)[O-])(C(=O)N(CC)C(C)C)C(F)(F)F. The number of carbonyl (C=O) groups is 2. The molecule has 8 nitrogen and oxygen atoms in total. The van der Waals surface area contributed by atoms with Gasteiger partial charge in [0.2, 0.25) is 0 Å². The number of carbonyl (C=O) groups excluding carboxylic acids is 2. The fourth-order valence-corrected chi connectivity index (χ4v) is 2.32. The first kappa shape index (κ1) is 27.2. The van der Waals surface area contributed by atoms with Crippen molar-refractivity contribution < 1.29 is 54.0 Å². The number of likely N-dealkylation sites (N-methyl/N-ethyl adjacent to an activating group) is 1. The van der Waals surface area contributed by atoms with E-state index in [0.717, 1.165) is 6.92 Å². The van der Waals surface area contributed by atoms with Crippen molar-refractivity contribution in [1.82, 2.24) is 4.90 Å². The number of halogens is 5. The summed E-state index contributed by atoms with van der Waals surface area (Å²) >= 11 is 0. The van der Waals surface area contributed by atoms with Gasteiger partial charge in [0.05, 0.1) is 6.61 Å². The molecule has 0 aliphatic carbocycles. The topological polar surface area (TPSA) is 113 Å². The molecule has 0 aliphatic rings. The van der Waals surface area contributed by atoms with Crippen LogP contribution in [-0.2, 0) is 29.2 Å². The summed E-state index contributed by atoms with van der Waals surface area (Å²) in [7, 11) is -6.21. The van der Waals surface area contributed by atoms with Gasteiger partial charge in [0.15, 0.2) is 10.1 Å². The molecule has 170 valence electrons. The lowest BCUT2D eigenvalue weighted by Gasteiger charge is -2.38. The minimum Gasteiger partial charge on any atom is -0.743 e. The summed E-state index contributed by atoms with van der Waals surface area (Å²) < 4.78 is 108. The van der Waals surface area contributed by atoms with Crippen molar-refractivity contribution in [2.24, 2.45) is 0 Å². The van der Waals surface area contributed by atoms with Crippen LogP contribution in [0.3, 0.4) is 0 Å². The van der Waals surface area contributed by atoms with E-state index in [1.54, 1.807) is 0 Å². The molecule has 0 aliphatic heterocycles. The van der Waals surface area contributed by atoms with Crippen LogP contribution in [0.25, 0.3) is 0 Å². The van der Waals surface area contributed by atoms with Gasteiger partial charge in [-0.3, -0.25) is 4.79 Å². The number of esters is 1. The number of rotatable bonds is 10. The van der Waals surface area contributed by atoms with Gasteiger partial charge in [0, 0.05) is 24.6 Å². The predicted octanol–water partition coefficient (Wildman–Crippen LogP) is 2.17. The van der Waals surface area contributed by atoms with Gasteiger partial charge in [-0.2, -0.15) is 22.0 Å². The molecule has 1 atom stereocenters. The highest BCUT2D eigenvalue weighted by molar-refractivity contribution is 7.86. The Hall–Kier alpha value is -1.80. The van der Waals surface area contributed by atoms with Crippen LogP contribution < -0.4 is 0 Å². The highest BCUT2D eigenvalue weighted by Gasteiger charge is 2.67. The molecule has 1 unspecified atom stereocenters. The zero-order chi connectivity index (χ0) is 23.4. The first-order valence-electron chi connectivity index (χ1n) is 8.08. The van der Waals surface area contributed by atoms with Gasteiger partial charge in [-0.25, -0.2) is 13.2 Å². The smallest absolute Gasteiger partial charge is 0.466 e. The van der Waals surface area contributed by atoms with Crippen molar-refractivity contribution in [3.8, 4) is 0 Å². The van der Waals surface area contributed by atoms with Gasteiger partial charge in [-0.15, -0.1) is 0 Å². The van der Waals surface area contributed by atoms with Crippen LogP contribution in [0.1, 0.15) is 34.1 Å². The van der Waals surface area contributed by atoms with Crippen LogP contribution in [0, 0.1) is 0 Å². The minimum atomic E-state index is -6.21. The molecule has 0 spiro atoms. The zero-order valence-corrected chi connectivity index (χ0v) is 16.8. The monoisotopic (exact) mass is 454 g/mol. The Labute approximate surface area is 164 Å². The molecule has 0 saturated carbocycles. The largest absolute Gasteiger partial charge is 0.743 e. The predicted molar refractivity (Wildman–Crippen MR) is 87.4 cm³/mol. The van der Waals surface area contributed by atoms with E-state index in [0.29, 0.717) is 4.90 Å². The molecule has 0 aromatic carbocycles. The summed E-state index contributed by atoms with van der Waals surface area (Å²) in [5, 5.41) is -4.98. The van der Waals surface area contributed by atoms with Crippen LogP contribution in [0.15, 0.2) is 12.2 Å². The lowest BCUT2D eigenvalue weighted by molar-refractivity contribution is -0.351. The van der Waals surface area contributed by atoms with Crippen molar-refractivity contribution in [3.63, 3.8) is 0 Å². The minimum absolute atomic E-state index is 0.298.